The van der Waals surface area contributed by atoms with Gasteiger partial charge in [0.2, 0.25) is 0 Å². The zero-order valence-corrected chi connectivity index (χ0v) is 18.4. The van der Waals surface area contributed by atoms with E-state index in [-0.39, 0.29) is 5.56 Å². The van der Waals surface area contributed by atoms with Crippen molar-refractivity contribution in [2.45, 2.75) is 25.7 Å². The van der Waals surface area contributed by atoms with E-state index in [2.05, 4.69) is 0 Å². The largest absolute Gasteiger partial charge is 0.497 e. The minimum atomic E-state index is -0.613. The molecule has 3 amide bonds. The lowest BCUT2D eigenvalue weighted by molar-refractivity contribution is -0.154. The minimum absolute atomic E-state index is 0.225. The predicted molar refractivity (Wildman–Crippen MR) is 117 cm³/mol. The minimum Gasteiger partial charge on any atom is -0.497 e. The Bertz CT molecular complexity index is 1040. The predicted octanol–water partition coefficient (Wildman–Crippen LogP) is 3.76. The lowest BCUT2D eigenvalue weighted by Crippen LogP contribution is -2.52. The number of amides is 3. The first-order chi connectivity index (χ1) is 15.4. The highest BCUT2D eigenvalue weighted by Gasteiger charge is 2.51. The van der Waals surface area contributed by atoms with Crippen molar-refractivity contribution in [2.24, 2.45) is 11.8 Å². The highest BCUT2D eigenvalue weighted by molar-refractivity contribution is 6.30. The van der Waals surface area contributed by atoms with Crippen LogP contribution in [0.5, 0.6) is 5.75 Å². The van der Waals surface area contributed by atoms with Crippen LogP contribution in [0.3, 0.4) is 0 Å². The smallest absolute Gasteiger partial charge is 0.273 e. The van der Waals surface area contributed by atoms with Crippen LogP contribution in [0, 0.1) is 11.8 Å². The third-order valence-electron chi connectivity index (χ3n) is 6.07. The topological polar surface area (TPSA) is 84.0 Å². The maximum atomic E-state index is 13.4. The van der Waals surface area contributed by atoms with Crippen LogP contribution in [-0.2, 0) is 9.59 Å². The number of Topliss-reactive ketones (excluding diaryl/α,β-unsaturated/α-hetero) is 1. The van der Waals surface area contributed by atoms with E-state index >= 15 is 0 Å². The van der Waals surface area contributed by atoms with Gasteiger partial charge in [-0.05, 0) is 49.2 Å². The second-order valence-corrected chi connectivity index (χ2v) is 8.45. The van der Waals surface area contributed by atoms with Gasteiger partial charge in [0.1, 0.15) is 12.3 Å². The van der Waals surface area contributed by atoms with Crippen LogP contribution in [0.25, 0.3) is 0 Å². The standard InChI is InChI=1S/C24H23ClN2O5/c1-32-18-6-4-5-16(13-18)21(28)14-26(22(29)15-9-11-17(25)12-10-15)27-23(30)19-7-2-3-8-20(19)24(27)31/h4-6,9-13,19-20H,2-3,7-8,14H2,1H3/t19-,20+. The summed E-state index contributed by atoms with van der Waals surface area (Å²) in [6.45, 7) is -0.453. The molecule has 0 spiro atoms. The average Bonchev–Trinajstić information content (AvgIpc) is 3.07. The summed E-state index contributed by atoms with van der Waals surface area (Å²) in [5.74, 6) is -2.25. The summed E-state index contributed by atoms with van der Waals surface area (Å²) < 4.78 is 5.17. The van der Waals surface area contributed by atoms with Gasteiger partial charge in [0, 0.05) is 16.1 Å². The third kappa shape index (κ3) is 4.12. The fourth-order valence-electron chi connectivity index (χ4n) is 4.38. The van der Waals surface area contributed by atoms with E-state index in [9.17, 15) is 19.2 Å². The van der Waals surface area contributed by atoms with Crippen molar-refractivity contribution >= 4 is 35.1 Å². The van der Waals surface area contributed by atoms with Gasteiger partial charge in [-0.2, -0.15) is 5.01 Å². The molecule has 32 heavy (non-hydrogen) atoms. The Morgan fingerprint density at radius 1 is 1.00 bits per heavy atom. The summed E-state index contributed by atoms with van der Waals surface area (Å²) in [7, 11) is 1.49. The highest BCUT2D eigenvalue weighted by atomic mass is 35.5. The lowest BCUT2D eigenvalue weighted by Gasteiger charge is -2.30. The Balaban J connectivity index is 1.68. The van der Waals surface area contributed by atoms with Crippen molar-refractivity contribution in [1.29, 1.82) is 0 Å². The number of rotatable bonds is 6. The molecule has 7 nitrogen and oxygen atoms in total. The highest BCUT2D eigenvalue weighted by Crippen LogP contribution is 2.39. The molecule has 1 saturated heterocycles. The van der Waals surface area contributed by atoms with Crippen molar-refractivity contribution in [3.05, 3.63) is 64.7 Å². The van der Waals surface area contributed by atoms with Gasteiger partial charge in [0.15, 0.2) is 5.78 Å². The molecular formula is C24H23ClN2O5. The van der Waals surface area contributed by atoms with Crippen molar-refractivity contribution in [3.63, 3.8) is 0 Å². The second kappa shape index (κ2) is 9.12. The number of ketones is 1. The van der Waals surface area contributed by atoms with Crippen LogP contribution in [0.15, 0.2) is 48.5 Å². The number of methoxy groups -OCH3 is 1. The normalized spacial score (nSPS) is 20.1. The third-order valence-corrected chi connectivity index (χ3v) is 6.32. The Labute approximate surface area is 190 Å². The molecule has 1 aliphatic carbocycles. The van der Waals surface area contributed by atoms with Crippen molar-refractivity contribution < 1.29 is 23.9 Å². The average molecular weight is 455 g/mol. The molecule has 4 rings (SSSR count). The fraction of sp³-hybridized carbons (Fsp3) is 0.333. The molecule has 1 heterocycles. The Morgan fingerprint density at radius 2 is 1.62 bits per heavy atom. The molecule has 2 aliphatic rings. The van der Waals surface area contributed by atoms with E-state index in [0.717, 1.165) is 22.9 Å². The maximum Gasteiger partial charge on any atom is 0.273 e. The number of ether oxygens (including phenoxy) is 1. The van der Waals surface area contributed by atoms with Crippen molar-refractivity contribution in [2.75, 3.05) is 13.7 Å². The van der Waals surface area contributed by atoms with Gasteiger partial charge in [0.05, 0.1) is 18.9 Å². The number of carbonyl (C=O) groups is 4. The number of hydrogen-bond acceptors (Lipinski definition) is 5. The molecule has 2 aromatic rings. The number of carbonyl (C=O) groups excluding carboxylic acids is 4. The monoisotopic (exact) mass is 454 g/mol. The molecule has 8 heteroatoms. The van der Waals surface area contributed by atoms with Gasteiger partial charge in [-0.25, -0.2) is 5.01 Å². The van der Waals surface area contributed by atoms with Crippen LogP contribution in [0.2, 0.25) is 5.02 Å². The van der Waals surface area contributed by atoms with Crippen LogP contribution >= 0.6 is 11.6 Å². The number of fused-ring (bicyclic) bond motifs is 1. The summed E-state index contributed by atoms with van der Waals surface area (Å²) in [6, 6.07) is 12.6. The zero-order chi connectivity index (χ0) is 22.8. The Morgan fingerprint density at radius 3 is 2.22 bits per heavy atom. The molecule has 0 aromatic heterocycles. The first-order valence-electron chi connectivity index (χ1n) is 10.5. The molecule has 0 N–H and O–H groups in total. The molecule has 0 radical (unpaired) electrons. The number of hydrazine groups is 1. The second-order valence-electron chi connectivity index (χ2n) is 8.01. The first-order valence-corrected chi connectivity index (χ1v) is 10.9. The first kappa shape index (κ1) is 22.0. The van der Waals surface area contributed by atoms with Crippen LogP contribution in [0.1, 0.15) is 46.4 Å². The summed E-state index contributed by atoms with van der Waals surface area (Å²) in [5, 5.41) is 2.32. The van der Waals surface area contributed by atoms with E-state index in [0.29, 0.717) is 29.2 Å². The number of hydrogen-bond donors (Lipinski definition) is 0. The fourth-order valence-corrected chi connectivity index (χ4v) is 4.51. The number of imide groups is 1. The molecular weight excluding hydrogens is 432 g/mol. The van der Waals surface area contributed by atoms with E-state index in [1.807, 2.05) is 0 Å². The summed E-state index contributed by atoms with van der Waals surface area (Å²) >= 11 is 5.94. The van der Waals surface area contributed by atoms with Gasteiger partial charge < -0.3 is 4.74 Å². The molecule has 1 saturated carbocycles. The van der Waals surface area contributed by atoms with Gasteiger partial charge in [-0.3, -0.25) is 19.2 Å². The molecule has 2 aromatic carbocycles. The molecule has 1 aliphatic heterocycles. The van der Waals surface area contributed by atoms with Crippen molar-refractivity contribution in [3.8, 4) is 5.75 Å². The van der Waals surface area contributed by atoms with Crippen molar-refractivity contribution in [1.82, 2.24) is 10.0 Å². The Kier molecular flexibility index (Phi) is 6.28. The maximum absolute atomic E-state index is 13.4. The molecule has 2 atom stereocenters. The molecule has 0 unspecified atom stereocenters. The molecule has 0 bridgehead atoms. The van der Waals surface area contributed by atoms with Crippen LogP contribution in [0.4, 0.5) is 0 Å². The van der Waals surface area contributed by atoms with Gasteiger partial charge in [-0.15, -0.1) is 0 Å². The van der Waals surface area contributed by atoms with Crippen LogP contribution < -0.4 is 4.74 Å². The number of benzene rings is 2. The van der Waals surface area contributed by atoms with Gasteiger partial charge >= 0.3 is 0 Å². The SMILES string of the molecule is COc1cccc(C(=O)CN(C(=O)c2ccc(Cl)cc2)N2C(=O)[C@H]3CCCC[C@H]3C2=O)c1. The summed E-state index contributed by atoms with van der Waals surface area (Å²) in [4.78, 5) is 52.8. The van der Waals surface area contributed by atoms with E-state index in [4.69, 9.17) is 16.3 Å². The van der Waals surface area contributed by atoms with E-state index in [1.165, 1.54) is 19.2 Å². The number of nitrogens with zero attached hydrogens (tertiary/aromatic N) is 2. The number of halogens is 1. The summed E-state index contributed by atoms with van der Waals surface area (Å²) in [5.41, 5.74) is 0.540. The van der Waals surface area contributed by atoms with Gasteiger partial charge in [0.25, 0.3) is 17.7 Å². The summed E-state index contributed by atoms with van der Waals surface area (Å²) in [6.07, 6.45) is 2.95. The Hall–Kier alpha value is -3.19. The quantitative estimate of drug-likeness (QED) is 0.490. The van der Waals surface area contributed by atoms with E-state index < -0.39 is 41.9 Å². The lowest BCUT2D eigenvalue weighted by atomic mass is 9.81. The van der Waals surface area contributed by atoms with Gasteiger partial charge in [-0.1, -0.05) is 36.6 Å². The molecule has 166 valence electrons. The zero-order valence-electron chi connectivity index (χ0n) is 17.6. The van der Waals surface area contributed by atoms with E-state index in [1.54, 1.807) is 36.4 Å². The van der Waals surface area contributed by atoms with Crippen LogP contribution in [-0.4, -0.2) is 47.2 Å². The molecule has 2 fully saturated rings.